The first-order chi connectivity index (χ1) is 13.0. The number of pyridine rings is 1. The Kier molecular flexibility index (Phi) is 4.69. The molecule has 1 heterocycles. The lowest BCUT2D eigenvalue weighted by Crippen LogP contribution is -2.13. The monoisotopic (exact) mass is 354 g/mol. The van der Waals surface area contributed by atoms with Crippen LogP contribution >= 0.6 is 0 Å². The Morgan fingerprint density at radius 3 is 2.26 bits per heavy atom. The van der Waals surface area contributed by atoms with Crippen molar-refractivity contribution in [2.75, 3.05) is 16.8 Å². The van der Waals surface area contributed by atoms with Crippen molar-refractivity contribution in [2.24, 2.45) is 0 Å². The van der Waals surface area contributed by atoms with Gasteiger partial charge in [0.2, 0.25) is 0 Å². The van der Waals surface area contributed by atoms with Crippen molar-refractivity contribution in [3.63, 3.8) is 0 Å². The lowest BCUT2D eigenvalue weighted by molar-refractivity contribution is 0.102. The third kappa shape index (κ3) is 3.53. The molecule has 3 rings (SSSR count). The van der Waals surface area contributed by atoms with Crippen LogP contribution in [0, 0.1) is 22.7 Å². The van der Waals surface area contributed by atoms with Gasteiger partial charge in [-0.1, -0.05) is 24.3 Å². The van der Waals surface area contributed by atoms with Crippen LogP contribution in [-0.2, 0) is 0 Å². The predicted molar refractivity (Wildman–Crippen MR) is 102 cm³/mol. The van der Waals surface area contributed by atoms with Crippen LogP contribution in [0.1, 0.15) is 21.5 Å². The molecule has 5 N–H and O–H groups in total. The molecule has 0 unspecified atom stereocenters. The van der Waals surface area contributed by atoms with Crippen LogP contribution in [0.15, 0.2) is 54.6 Å². The molecule has 7 nitrogen and oxygen atoms in total. The fourth-order valence-electron chi connectivity index (χ4n) is 2.51. The van der Waals surface area contributed by atoms with Crippen LogP contribution in [0.5, 0.6) is 0 Å². The quantitative estimate of drug-likeness (QED) is 0.617. The lowest BCUT2D eigenvalue weighted by atomic mass is 10.0. The van der Waals surface area contributed by atoms with Crippen molar-refractivity contribution in [1.82, 2.24) is 4.98 Å². The number of nitrogen functional groups attached to an aromatic ring is 2. The number of nitriles is 2. The van der Waals surface area contributed by atoms with E-state index in [9.17, 15) is 10.1 Å². The van der Waals surface area contributed by atoms with E-state index in [0.29, 0.717) is 28.2 Å². The highest BCUT2D eigenvalue weighted by molar-refractivity contribution is 6.05. The van der Waals surface area contributed by atoms with Gasteiger partial charge in [-0.05, 0) is 30.3 Å². The average Bonchev–Trinajstić information content (AvgIpc) is 2.69. The van der Waals surface area contributed by atoms with E-state index < -0.39 is 0 Å². The first-order valence-electron chi connectivity index (χ1n) is 7.90. The largest absolute Gasteiger partial charge is 0.397 e. The summed E-state index contributed by atoms with van der Waals surface area (Å²) in [6, 6.07) is 18.8. The van der Waals surface area contributed by atoms with E-state index in [1.165, 1.54) is 6.07 Å². The summed E-state index contributed by atoms with van der Waals surface area (Å²) in [6.07, 6.45) is 0. The van der Waals surface area contributed by atoms with Gasteiger partial charge in [0.1, 0.15) is 18.0 Å². The fourth-order valence-corrected chi connectivity index (χ4v) is 2.51. The van der Waals surface area contributed by atoms with Gasteiger partial charge in [0.05, 0.1) is 28.2 Å². The molecule has 0 spiro atoms. The summed E-state index contributed by atoms with van der Waals surface area (Å²) in [7, 11) is 0. The zero-order chi connectivity index (χ0) is 19.4. The highest BCUT2D eigenvalue weighted by Crippen LogP contribution is 2.25. The smallest absolute Gasteiger partial charge is 0.255 e. The third-order valence-corrected chi connectivity index (χ3v) is 3.92. The normalized spacial score (nSPS) is 9.85. The van der Waals surface area contributed by atoms with Crippen LogP contribution in [-0.4, -0.2) is 10.9 Å². The second kappa shape index (κ2) is 7.26. The number of aromatic nitrogens is 1. The molecule has 0 saturated carbocycles. The van der Waals surface area contributed by atoms with Gasteiger partial charge in [0, 0.05) is 11.1 Å². The molecule has 0 atom stereocenters. The third-order valence-electron chi connectivity index (χ3n) is 3.92. The number of amides is 1. The fraction of sp³-hybridized carbons (Fsp3) is 0. The van der Waals surface area contributed by atoms with Gasteiger partial charge in [-0.25, -0.2) is 4.98 Å². The molecule has 0 aliphatic rings. The summed E-state index contributed by atoms with van der Waals surface area (Å²) in [5.74, 6) is -0.264. The number of nitrogens with two attached hydrogens (primary N) is 2. The van der Waals surface area contributed by atoms with Gasteiger partial charge in [0.15, 0.2) is 0 Å². The number of para-hydroxylation sites is 2. The Morgan fingerprint density at radius 2 is 1.63 bits per heavy atom. The number of carbonyl (C=O) groups is 1. The molecular weight excluding hydrogens is 340 g/mol. The number of nitrogens with zero attached hydrogens (tertiary/aromatic N) is 3. The van der Waals surface area contributed by atoms with Crippen LogP contribution in [0.25, 0.3) is 11.3 Å². The number of rotatable bonds is 3. The van der Waals surface area contributed by atoms with E-state index in [2.05, 4.69) is 10.3 Å². The Bertz CT molecular complexity index is 1110. The van der Waals surface area contributed by atoms with E-state index in [1.807, 2.05) is 12.1 Å². The number of hydrogen-bond donors (Lipinski definition) is 3. The zero-order valence-electron chi connectivity index (χ0n) is 14.1. The Balaban J connectivity index is 1.89. The number of nitrogens with one attached hydrogen (secondary N) is 1. The average molecular weight is 354 g/mol. The molecular formula is C20H14N6O. The minimum Gasteiger partial charge on any atom is -0.397 e. The maximum atomic E-state index is 12.4. The van der Waals surface area contributed by atoms with E-state index >= 15 is 0 Å². The van der Waals surface area contributed by atoms with Crippen molar-refractivity contribution >= 4 is 23.1 Å². The number of hydrogen-bond acceptors (Lipinski definition) is 6. The molecule has 0 radical (unpaired) electrons. The van der Waals surface area contributed by atoms with Crippen LogP contribution in [0.2, 0.25) is 0 Å². The van der Waals surface area contributed by atoms with Crippen molar-refractivity contribution in [3.05, 3.63) is 71.3 Å². The number of benzene rings is 2. The second-order valence-corrected chi connectivity index (χ2v) is 5.66. The molecule has 0 saturated heterocycles. The van der Waals surface area contributed by atoms with Gasteiger partial charge in [-0.15, -0.1) is 0 Å². The Labute approximate surface area is 155 Å². The second-order valence-electron chi connectivity index (χ2n) is 5.66. The number of carbonyl (C=O) groups excluding carboxylic acids is 1. The summed E-state index contributed by atoms with van der Waals surface area (Å²) >= 11 is 0. The standard InChI is InChI=1S/C20H14N6O/c21-10-14-9-15(11-22)19(24)26-18(14)12-5-7-13(8-6-12)20(27)25-17-4-2-1-3-16(17)23/h1-9H,23H2,(H2,24,26)(H,25,27). The molecule has 3 aromatic rings. The number of anilines is 3. The van der Waals surface area contributed by atoms with Crippen molar-refractivity contribution in [1.29, 1.82) is 10.5 Å². The SMILES string of the molecule is N#Cc1cc(C#N)c(-c2ccc(C(=O)Nc3ccccc3N)cc2)nc1N. The van der Waals surface area contributed by atoms with Gasteiger partial charge >= 0.3 is 0 Å². The van der Waals surface area contributed by atoms with Gasteiger partial charge in [0.25, 0.3) is 5.91 Å². The first-order valence-corrected chi connectivity index (χ1v) is 7.90. The van der Waals surface area contributed by atoms with Gasteiger partial charge < -0.3 is 16.8 Å². The predicted octanol–water partition coefficient (Wildman–Crippen LogP) is 2.91. The molecule has 0 bridgehead atoms. The van der Waals surface area contributed by atoms with Crippen LogP contribution < -0.4 is 16.8 Å². The molecule has 27 heavy (non-hydrogen) atoms. The molecule has 1 aromatic heterocycles. The van der Waals surface area contributed by atoms with Crippen molar-refractivity contribution < 1.29 is 4.79 Å². The molecule has 1 amide bonds. The van der Waals surface area contributed by atoms with Crippen molar-refractivity contribution in [2.45, 2.75) is 0 Å². The molecule has 2 aromatic carbocycles. The van der Waals surface area contributed by atoms with Gasteiger partial charge in [-0.3, -0.25) is 4.79 Å². The first kappa shape index (κ1) is 17.5. The van der Waals surface area contributed by atoms with Crippen molar-refractivity contribution in [3.8, 4) is 23.4 Å². The van der Waals surface area contributed by atoms with E-state index in [0.717, 1.165) is 0 Å². The summed E-state index contributed by atoms with van der Waals surface area (Å²) in [4.78, 5) is 16.5. The van der Waals surface area contributed by atoms with E-state index in [4.69, 9.17) is 16.7 Å². The summed E-state index contributed by atoms with van der Waals surface area (Å²) < 4.78 is 0. The molecule has 130 valence electrons. The zero-order valence-corrected chi connectivity index (χ0v) is 14.1. The topological polar surface area (TPSA) is 142 Å². The maximum Gasteiger partial charge on any atom is 0.255 e. The minimum atomic E-state index is -0.313. The van der Waals surface area contributed by atoms with Crippen LogP contribution in [0.4, 0.5) is 17.2 Å². The highest BCUT2D eigenvalue weighted by Gasteiger charge is 2.13. The summed E-state index contributed by atoms with van der Waals surface area (Å²) in [6.45, 7) is 0. The minimum absolute atomic E-state index is 0.0490. The Morgan fingerprint density at radius 1 is 0.963 bits per heavy atom. The van der Waals surface area contributed by atoms with Gasteiger partial charge in [-0.2, -0.15) is 10.5 Å². The summed E-state index contributed by atoms with van der Waals surface area (Å²) in [5.41, 5.74) is 14.3. The molecule has 0 aliphatic heterocycles. The molecule has 0 aliphatic carbocycles. The lowest BCUT2D eigenvalue weighted by Gasteiger charge is -2.09. The maximum absolute atomic E-state index is 12.4. The van der Waals surface area contributed by atoms with E-state index in [-0.39, 0.29) is 22.9 Å². The highest BCUT2D eigenvalue weighted by atomic mass is 16.1. The molecule has 0 fully saturated rings. The van der Waals surface area contributed by atoms with Crippen LogP contribution in [0.3, 0.4) is 0 Å². The van der Waals surface area contributed by atoms with E-state index in [1.54, 1.807) is 48.5 Å². The molecule has 7 heteroatoms. The Hall–Kier alpha value is -4.36. The summed E-state index contributed by atoms with van der Waals surface area (Å²) in [5, 5.41) is 21.1.